The van der Waals surface area contributed by atoms with Crippen LogP contribution < -0.4 is 10.6 Å². The van der Waals surface area contributed by atoms with Gasteiger partial charge in [-0.1, -0.05) is 6.92 Å². The molecule has 0 radical (unpaired) electrons. The van der Waals surface area contributed by atoms with Gasteiger partial charge in [0.05, 0.1) is 18.2 Å². The van der Waals surface area contributed by atoms with E-state index in [1.165, 1.54) is 5.56 Å². The Kier molecular flexibility index (Phi) is 4.49. The van der Waals surface area contributed by atoms with Gasteiger partial charge >= 0.3 is 0 Å². The third-order valence-electron chi connectivity index (χ3n) is 3.67. The molecule has 0 aliphatic heterocycles. The van der Waals surface area contributed by atoms with Gasteiger partial charge in [0.2, 0.25) is 0 Å². The van der Waals surface area contributed by atoms with E-state index in [0.29, 0.717) is 0 Å². The molecule has 2 aromatic rings. The van der Waals surface area contributed by atoms with Gasteiger partial charge in [-0.05, 0) is 25.8 Å². The summed E-state index contributed by atoms with van der Waals surface area (Å²) in [6.07, 6.45) is 5.31. The Hall–Kier alpha value is -1.75. The van der Waals surface area contributed by atoms with Crippen molar-refractivity contribution in [2.45, 2.75) is 39.3 Å². The molecule has 110 valence electrons. The van der Waals surface area contributed by atoms with Gasteiger partial charge in [-0.15, -0.1) is 0 Å². The number of rotatable bonds is 6. The van der Waals surface area contributed by atoms with Crippen molar-refractivity contribution < 1.29 is 4.42 Å². The van der Waals surface area contributed by atoms with Crippen LogP contribution >= 0.6 is 0 Å². The zero-order chi connectivity index (χ0) is 14.7. The number of hydrogen-bond donors (Lipinski definition) is 1. The number of nitrogens with zero attached hydrogens (tertiary/aromatic N) is 3. The van der Waals surface area contributed by atoms with Crippen molar-refractivity contribution in [3.8, 4) is 0 Å². The van der Waals surface area contributed by atoms with E-state index >= 15 is 0 Å². The average molecular weight is 276 g/mol. The van der Waals surface area contributed by atoms with E-state index in [1.54, 1.807) is 12.5 Å². The molecule has 5 nitrogen and oxygen atoms in total. The Morgan fingerprint density at radius 1 is 1.50 bits per heavy atom. The highest BCUT2D eigenvalue weighted by atomic mass is 16.3. The fraction of sp³-hybridized carbons (Fsp3) is 0.533. The molecular weight excluding hydrogens is 252 g/mol. The SMILES string of the molecule is CCC(N)Cc1c(C)nn(C)c1N(C)Cc1ccoc1. The molecule has 5 heteroatoms. The van der Waals surface area contributed by atoms with E-state index in [1.807, 2.05) is 24.7 Å². The topological polar surface area (TPSA) is 60.2 Å². The molecule has 0 amide bonds. The fourth-order valence-corrected chi connectivity index (χ4v) is 2.54. The molecule has 0 saturated heterocycles. The Morgan fingerprint density at radius 2 is 2.25 bits per heavy atom. The van der Waals surface area contributed by atoms with Crippen molar-refractivity contribution in [3.05, 3.63) is 35.4 Å². The number of aryl methyl sites for hydroxylation is 2. The van der Waals surface area contributed by atoms with Gasteiger partial charge in [0.15, 0.2) is 0 Å². The molecule has 0 aliphatic carbocycles. The summed E-state index contributed by atoms with van der Waals surface area (Å²) in [4.78, 5) is 2.20. The highest BCUT2D eigenvalue weighted by molar-refractivity contribution is 5.50. The van der Waals surface area contributed by atoms with Gasteiger partial charge in [0, 0.05) is 37.8 Å². The van der Waals surface area contributed by atoms with E-state index in [9.17, 15) is 0 Å². The van der Waals surface area contributed by atoms with Crippen LogP contribution in [-0.2, 0) is 20.0 Å². The predicted octanol–water partition coefficient (Wildman–Crippen LogP) is 2.24. The normalized spacial score (nSPS) is 12.7. The van der Waals surface area contributed by atoms with E-state index < -0.39 is 0 Å². The third-order valence-corrected chi connectivity index (χ3v) is 3.67. The Balaban J connectivity index is 2.25. The quantitative estimate of drug-likeness (QED) is 0.879. The highest BCUT2D eigenvalue weighted by Gasteiger charge is 2.19. The average Bonchev–Trinajstić information content (AvgIpc) is 2.98. The minimum absolute atomic E-state index is 0.180. The number of nitrogens with two attached hydrogens (primary N) is 1. The van der Waals surface area contributed by atoms with Crippen molar-refractivity contribution >= 4 is 5.82 Å². The molecular formula is C15H24N4O. The lowest BCUT2D eigenvalue weighted by Gasteiger charge is -2.21. The summed E-state index contributed by atoms with van der Waals surface area (Å²) in [5.41, 5.74) is 9.57. The lowest BCUT2D eigenvalue weighted by Crippen LogP contribution is -2.25. The number of hydrogen-bond acceptors (Lipinski definition) is 4. The largest absolute Gasteiger partial charge is 0.472 e. The maximum absolute atomic E-state index is 6.12. The van der Waals surface area contributed by atoms with Crippen molar-refractivity contribution in [1.82, 2.24) is 9.78 Å². The molecule has 2 heterocycles. The Labute approximate surface area is 120 Å². The second-order valence-corrected chi connectivity index (χ2v) is 5.37. The van der Waals surface area contributed by atoms with E-state index in [2.05, 4.69) is 24.0 Å². The second-order valence-electron chi connectivity index (χ2n) is 5.37. The van der Waals surface area contributed by atoms with Gasteiger partial charge in [-0.2, -0.15) is 5.10 Å². The van der Waals surface area contributed by atoms with Crippen molar-refractivity contribution in [2.24, 2.45) is 12.8 Å². The first-order valence-electron chi connectivity index (χ1n) is 7.03. The molecule has 0 saturated carbocycles. The van der Waals surface area contributed by atoms with Crippen LogP contribution in [0.5, 0.6) is 0 Å². The summed E-state index contributed by atoms with van der Waals surface area (Å²) in [7, 11) is 4.06. The van der Waals surface area contributed by atoms with E-state index in [-0.39, 0.29) is 6.04 Å². The molecule has 0 bridgehead atoms. The van der Waals surface area contributed by atoms with Crippen LogP contribution in [0.25, 0.3) is 0 Å². The molecule has 0 aromatic carbocycles. The molecule has 2 rings (SSSR count). The highest BCUT2D eigenvalue weighted by Crippen LogP contribution is 2.25. The molecule has 20 heavy (non-hydrogen) atoms. The molecule has 0 spiro atoms. The number of anilines is 1. The van der Waals surface area contributed by atoms with Crippen molar-refractivity contribution in [1.29, 1.82) is 0 Å². The summed E-state index contributed by atoms with van der Waals surface area (Å²) in [6.45, 7) is 4.96. The van der Waals surface area contributed by atoms with Crippen LogP contribution in [0.4, 0.5) is 5.82 Å². The monoisotopic (exact) mass is 276 g/mol. The summed E-state index contributed by atoms with van der Waals surface area (Å²) in [5, 5.41) is 4.54. The lowest BCUT2D eigenvalue weighted by atomic mass is 10.0. The fourth-order valence-electron chi connectivity index (χ4n) is 2.54. The maximum Gasteiger partial charge on any atom is 0.130 e. The van der Waals surface area contributed by atoms with Crippen LogP contribution in [0.15, 0.2) is 23.0 Å². The standard InChI is InChI=1S/C15H24N4O/c1-5-13(16)8-14-11(2)17-19(4)15(14)18(3)9-12-6-7-20-10-12/h6-7,10,13H,5,8-9,16H2,1-4H3. The van der Waals surface area contributed by atoms with Crippen molar-refractivity contribution in [2.75, 3.05) is 11.9 Å². The van der Waals surface area contributed by atoms with Crippen LogP contribution in [0.1, 0.15) is 30.2 Å². The molecule has 1 atom stereocenters. The minimum atomic E-state index is 0.180. The van der Waals surface area contributed by atoms with Crippen LogP contribution in [0, 0.1) is 6.92 Å². The molecule has 0 aliphatic rings. The van der Waals surface area contributed by atoms with E-state index in [0.717, 1.165) is 36.5 Å². The zero-order valence-electron chi connectivity index (χ0n) is 12.8. The minimum Gasteiger partial charge on any atom is -0.472 e. The van der Waals surface area contributed by atoms with Crippen molar-refractivity contribution in [3.63, 3.8) is 0 Å². The zero-order valence-corrected chi connectivity index (χ0v) is 12.8. The summed E-state index contributed by atoms with van der Waals surface area (Å²) < 4.78 is 7.07. The second kappa shape index (κ2) is 6.13. The van der Waals surface area contributed by atoms with Gasteiger partial charge in [-0.25, -0.2) is 0 Å². The molecule has 0 fully saturated rings. The number of furan rings is 1. The van der Waals surface area contributed by atoms with Crippen LogP contribution in [-0.4, -0.2) is 22.9 Å². The molecule has 2 aromatic heterocycles. The summed E-state index contributed by atoms with van der Waals surface area (Å²) >= 11 is 0. The number of aromatic nitrogens is 2. The Bertz CT molecular complexity index is 544. The first-order valence-corrected chi connectivity index (χ1v) is 7.03. The van der Waals surface area contributed by atoms with Crippen LogP contribution in [0.2, 0.25) is 0 Å². The smallest absolute Gasteiger partial charge is 0.130 e. The van der Waals surface area contributed by atoms with Gasteiger partial charge < -0.3 is 15.1 Å². The maximum atomic E-state index is 6.12. The molecule has 2 N–H and O–H groups in total. The lowest BCUT2D eigenvalue weighted by molar-refractivity contribution is 0.563. The first-order chi connectivity index (χ1) is 9.52. The molecule has 1 unspecified atom stereocenters. The first kappa shape index (κ1) is 14.7. The van der Waals surface area contributed by atoms with Gasteiger partial charge in [0.1, 0.15) is 5.82 Å². The predicted molar refractivity (Wildman–Crippen MR) is 80.7 cm³/mol. The Morgan fingerprint density at radius 3 is 2.85 bits per heavy atom. The van der Waals surface area contributed by atoms with Crippen LogP contribution in [0.3, 0.4) is 0 Å². The summed E-state index contributed by atoms with van der Waals surface area (Å²) in [5.74, 6) is 1.13. The van der Waals surface area contributed by atoms with Gasteiger partial charge in [-0.3, -0.25) is 4.68 Å². The summed E-state index contributed by atoms with van der Waals surface area (Å²) in [6, 6.07) is 2.16. The third kappa shape index (κ3) is 3.04. The van der Waals surface area contributed by atoms with Gasteiger partial charge in [0.25, 0.3) is 0 Å². The van der Waals surface area contributed by atoms with E-state index in [4.69, 9.17) is 10.2 Å².